The van der Waals surface area contributed by atoms with Gasteiger partial charge in [0, 0.05) is 31.0 Å². The number of amides is 2. The molecule has 3 unspecified atom stereocenters. The Balaban J connectivity index is 1.69. The first-order valence-corrected chi connectivity index (χ1v) is 10.1. The summed E-state index contributed by atoms with van der Waals surface area (Å²) in [6, 6.07) is 9.43. The lowest BCUT2D eigenvalue weighted by atomic mass is 10.0. The molecule has 26 heavy (non-hydrogen) atoms. The fraction of sp³-hybridized carbons (Fsp3) is 0.526. The number of carboxylic acid groups (broad SMARTS) is 1. The van der Waals surface area contributed by atoms with Gasteiger partial charge in [-0.25, -0.2) is 0 Å². The number of carbonyl (C=O) groups excluding carboxylic acids is 2. The van der Waals surface area contributed by atoms with Crippen molar-refractivity contribution in [1.82, 2.24) is 9.80 Å². The molecule has 0 bridgehead atoms. The summed E-state index contributed by atoms with van der Waals surface area (Å²) in [5.74, 6) is 0.0916. The number of carbonyl (C=O) groups is 3. The van der Waals surface area contributed by atoms with Crippen LogP contribution in [0.4, 0.5) is 0 Å². The second kappa shape index (κ2) is 8.12. The maximum absolute atomic E-state index is 13.0. The lowest BCUT2D eigenvalue weighted by Crippen LogP contribution is -2.49. The fourth-order valence-electron chi connectivity index (χ4n) is 3.73. The van der Waals surface area contributed by atoms with E-state index in [1.165, 1.54) is 0 Å². The minimum Gasteiger partial charge on any atom is -0.481 e. The highest BCUT2D eigenvalue weighted by atomic mass is 32.2. The van der Waals surface area contributed by atoms with E-state index >= 15 is 0 Å². The van der Waals surface area contributed by atoms with E-state index in [0.717, 1.165) is 11.3 Å². The van der Waals surface area contributed by atoms with Gasteiger partial charge in [-0.2, -0.15) is 11.8 Å². The Hall–Kier alpha value is -2.02. The van der Waals surface area contributed by atoms with Gasteiger partial charge >= 0.3 is 5.97 Å². The van der Waals surface area contributed by atoms with E-state index in [4.69, 9.17) is 5.11 Å². The van der Waals surface area contributed by atoms with Crippen molar-refractivity contribution in [1.29, 1.82) is 0 Å². The first-order chi connectivity index (χ1) is 12.5. The Morgan fingerprint density at radius 2 is 2.04 bits per heavy atom. The Labute approximate surface area is 157 Å². The van der Waals surface area contributed by atoms with E-state index in [1.54, 1.807) is 21.6 Å². The topological polar surface area (TPSA) is 77.9 Å². The molecule has 2 saturated heterocycles. The lowest BCUT2D eigenvalue weighted by molar-refractivity contribution is -0.142. The molecule has 2 aliphatic rings. The quantitative estimate of drug-likeness (QED) is 0.851. The normalized spacial score (nSPS) is 24.6. The second-order valence-corrected chi connectivity index (χ2v) is 8.04. The van der Waals surface area contributed by atoms with Gasteiger partial charge in [-0.05, 0) is 12.5 Å². The molecule has 1 aromatic rings. The standard InChI is InChI=1S/C19H24N2O4S/c1-13(14-5-3-2-4-6-14)21-11-15(9-17(21)22)19(25)20-7-8-26-12-16(20)10-18(23)24/h2-6,13,15-16H,7-12H2,1H3,(H,23,24). The third-order valence-electron chi connectivity index (χ3n) is 5.18. The first kappa shape index (κ1) is 18.8. The molecular formula is C19H24N2O4S. The van der Waals surface area contributed by atoms with Gasteiger partial charge in [-0.3, -0.25) is 14.4 Å². The van der Waals surface area contributed by atoms with E-state index in [2.05, 4.69) is 0 Å². The van der Waals surface area contributed by atoms with E-state index in [0.29, 0.717) is 18.8 Å². The van der Waals surface area contributed by atoms with Crippen LogP contribution in [0.3, 0.4) is 0 Å². The number of carboxylic acids is 1. The van der Waals surface area contributed by atoms with Gasteiger partial charge in [0.25, 0.3) is 0 Å². The highest BCUT2D eigenvalue weighted by Crippen LogP contribution is 2.31. The Kier molecular flexibility index (Phi) is 5.86. The van der Waals surface area contributed by atoms with E-state index < -0.39 is 5.97 Å². The molecule has 2 aliphatic heterocycles. The van der Waals surface area contributed by atoms with Crippen LogP contribution in [0.2, 0.25) is 0 Å². The Morgan fingerprint density at radius 1 is 1.31 bits per heavy atom. The van der Waals surface area contributed by atoms with E-state index in [1.807, 2.05) is 37.3 Å². The van der Waals surface area contributed by atoms with Crippen molar-refractivity contribution < 1.29 is 19.5 Å². The van der Waals surface area contributed by atoms with Crippen molar-refractivity contribution in [2.45, 2.75) is 31.8 Å². The van der Waals surface area contributed by atoms with E-state index in [-0.39, 0.29) is 42.7 Å². The van der Waals surface area contributed by atoms with E-state index in [9.17, 15) is 14.4 Å². The molecule has 0 aromatic heterocycles. The van der Waals surface area contributed by atoms with Crippen molar-refractivity contribution in [3.05, 3.63) is 35.9 Å². The van der Waals surface area contributed by atoms with Crippen LogP contribution in [0, 0.1) is 5.92 Å². The van der Waals surface area contributed by atoms with Crippen molar-refractivity contribution in [3.8, 4) is 0 Å². The number of hydrogen-bond acceptors (Lipinski definition) is 4. The number of aliphatic carboxylic acids is 1. The highest BCUT2D eigenvalue weighted by molar-refractivity contribution is 7.99. The number of nitrogens with zero attached hydrogens (tertiary/aromatic N) is 2. The third-order valence-corrected chi connectivity index (χ3v) is 6.27. The van der Waals surface area contributed by atoms with Gasteiger partial charge in [0.2, 0.25) is 11.8 Å². The summed E-state index contributed by atoms with van der Waals surface area (Å²) in [6.07, 6.45) is 0.170. The number of hydrogen-bond donors (Lipinski definition) is 1. The molecule has 0 saturated carbocycles. The van der Waals surface area contributed by atoms with Gasteiger partial charge in [0.15, 0.2) is 0 Å². The number of thioether (sulfide) groups is 1. The smallest absolute Gasteiger partial charge is 0.305 e. The average molecular weight is 376 g/mol. The van der Waals surface area contributed by atoms with Crippen molar-refractivity contribution in [2.75, 3.05) is 24.6 Å². The molecule has 2 amide bonds. The van der Waals surface area contributed by atoms with Crippen molar-refractivity contribution in [2.24, 2.45) is 5.92 Å². The maximum Gasteiger partial charge on any atom is 0.305 e. The summed E-state index contributed by atoms with van der Waals surface area (Å²) in [5.41, 5.74) is 1.05. The zero-order chi connectivity index (χ0) is 18.7. The number of rotatable bonds is 5. The highest BCUT2D eigenvalue weighted by Gasteiger charge is 2.41. The van der Waals surface area contributed by atoms with Crippen LogP contribution in [0.5, 0.6) is 0 Å². The van der Waals surface area contributed by atoms with Crippen LogP contribution < -0.4 is 0 Å². The molecule has 0 radical (unpaired) electrons. The maximum atomic E-state index is 13.0. The van der Waals surface area contributed by atoms with Gasteiger partial charge in [-0.15, -0.1) is 0 Å². The fourth-order valence-corrected chi connectivity index (χ4v) is 4.80. The van der Waals surface area contributed by atoms with Gasteiger partial charge in [0.05, 0.1) is 24.4 Å². The van der Waals surface area contributed by atoms with Crippen LogP contribution in [-0.2, 0) is 14.4 Å². The van der Waals surface area contributed by atoms with Crippen LogP contribution in [0.15, 0.2) is 30.3 Å². The average Bonchev–Trinajstić information content (AvgIpc) is 3.03. The molecule has 1 N–H and O–H groups in total. The van der Waals surface area contributed by atoms with Crippen molar-refractivity contribution >= 4 is 29.5 Å². The molecule has 1 aromatic carbocycles. The molecule has 7 heteroatoms. The first-order valence-electron chi connectivity index (χ1n) is 8.91. The van der Waals surface area contributed by atoms with Crippen LogP contribution in [0.25, 0.3) is 0 Å². The van der Waals surface area contributed by atoms with Gasteiger partial charge in [-0.1, -0.05) is 30.3 Å². The number of benzene rings is 1. The minimum atomic E-state index is -0.892. The second-order valence-electron chi connectivity index (χ2n) is 6.89. The zero-order valence-corrected chi connectivity index (χ0v) is 15.7. The summed E-state index contributed by atoms with van der Waals surface area (Å²) >= 11 is 1.68. The molecule has 3 rings (SSSR count). The zero-order valence-electron chi connectivity index (χ0n) is 14.8. The van der Waals surface area contributed by atoms with Crippen molar-refractivity contribution in [3.63, 3.8) is 0 Å². The summed E-state index contributed by atoms with van der Waals surface area (Å²) in [5, 5.41) is 9.10. The molecule has 0 aliphatic carbocycles. The van der Waals surface area contributed by atoms with Gasteiger partial charge in [0.1, 0.15) is 0 Å². The predicted octanol–water partition coefficient (Wildman–Crippen LogP) is 2.01. The largest absolute Gasteiger partial charge is 0.481 e. The molecular weight excluding hydrogens is 352 g/mol. The summed E-state index contributed by atoms with van der Waals surface area (Å²) in [6.45, 7) is 2.93. The van der Waals surface area contributed by atoms with Gasteiger partial charge < -0.3 is 14.9 Å². The minimum absolute atomic E-state index is 0.0131. The summed E-state index contributed by atoms with van der Waals surface area (Å²) in [7, 11) is 0. The molecule has 6 nitrogen and oxygen atoms in total. The molecule has 0 spiro atoms. The Morgan fingerprint density at radius 3 is 2.73 bits per heavy atom. The number of likely N-dealkylation sites (tertiary alicyclic amines) is 1. The third kappa shape index (κ3) is 4.03. The summed E-state index contributed by atoms with van der Waals surface area (Å²) in [4.78, 5) is 40.0. The molecule has 140 valence electrons. The predicted molar refractivity (Wildman–Crippen MR) is 99.8 cm³/mol. The van der Waals surface area contributed by atoms with Crippen LogP contribution in [0.1, 0.15) is 31.4 Å². The van der Waals surface area contributed by atoms with Crippen LogP contribution in [-0.4, -0.2) is 63.3 Å². The van der Waals surface area contributed by atoms with Crippen LogP contribution >= 0.6 is 11.8 Å². The molecule has 2 fully saturated rings. The molecule has 2 heterocycles. The summed E-state index contributed by atoms with van der Waals surface area (Å²) < 4.78 is 0. The lowest BCUT2D eigenvalue weighted by Gasteiger charge is -2.36. The molecule has 3 atom stereocenters. The SMILES string of the molecule is CC(c1ccccc1)N1CC(C(=O)N2CCSCC2CC(=O)O)CC1=O. The monoisotopic (exact) mass is 376 g/mol. The Bertz CT molecular complexity index is 681.